The molecular formula is C19H33N3O3. The van der Waals surface area contributed by atoms with Crippen molar-refractivity contribution in [2.75, 3.05) is 33.4 Å². The Labute approximate surface area is 151 Å². The summed E-state index contributed by atoms with van der Waals surface area (Å²) in [5, 5.41) is 4.50. The molecule has 1 aliphatic heterocycles. The van der Waals surface area contributed by atoms with Gasteiger partial charge in [-0.25, -0.2) is 0 Å². The van der Waals surface area contributed by atoms with E-state index in [4.69, 9.17) is 9.47 Å². The number of hydrogen-bond donors (Lipinski definition) is 0. The third-order valence-corrected chi connectivity index (χ3v) is 5.18. The number of carbonyl (C=O) groups excluding carboxylic acids is 1. The number of rotatable bonds is 9. The first-order valence-corrected chi connectivity index (χ1v) is 9.46. The van der Waals surface area contributed by atoms with Gasteiger partial charge in [0.25, 0.3) is 0 Å². The lowest BCUT2D eigenvalue weighted by Gasteiger charge is -2.41. The number of nitrogens with zero attached hydrogens (tertiary/aromatic N) is 3. The molecule has 6 heteroatoms. The normalized spacial score (nSPS) is 21.4. The van der Waals surface area contributed by atoms with Crippen molar-refractivity contribution in [2.24, 2.45) is 5.41 Å². The Morgan fingerprint density at radius 1 is 1.40 bits per heavy atom. The van der Waals surface area contributed by atoms with Crippen LogP contribution in [-0.2, 0) is 27.4 Å². The molecule has 25 heavy (non-hydrogen) atoms. The lowest BCUT2D eigenvalue weighted by molar-refractivity contribution is -0.160. The van der Waals surface area contributed by atoms with E-state index in [1.54, 1.807) is 7.11 Å². The van der Waals surface area contributed by atoms with Gasteiger partial charge in [-0.15, -0.1) is 0 Å². The van der Waals surface area contributed by atoms with Gasteiger partial charge in [-0.3, -0.25) is 14.4 Å². The SMILES string of the molecule is CCCn1ncc(CN2CCC[C@@](CCOC)(C(=O)OCC)C2)c1C. The largest absolute Gasteiger partial charge is 0.466 e. The molecular weight excluding hydrogens is 318 g/mol. The minimum Gasteiger partial charge on any atom is -0.466 e. The predicted molar refractivity (Wildman–Crippen MR) is 97.3 cm³/mol. The van der Waals surface area contributed by atoms with E-state index in [1.807, 2.05) is 13.1 Å². The van der Waals surface area contributed by atoms with Crippen molar-refractivity contribution in [1.82, 2.24) is 14.7 Å². The second-order valence-electron chi connectivity index (χ2n) is 7.04. The highest BCUT2D eigenvalue weighted by atomic mass is 16.5. The van der Waals surface area contributed by atoms with Crippen LogP contribution in [0.2, 0.25) is 0 Å². The third-order valence-electron chi connectivity index (χ3n) is 5.18. The van der Waals surface area contributed by atoms with Gasteiger partial charge in [0.2, 0.25) is 0 Å². The van der Waals surface area contributed by atoms with E-state index < -0.39 is 5.41 Å². The molecule has 2 heterocycles. The van der Waals surface area contributed by atoms with Crippen molar-refractivity contribution in [2.45, 2.75) is 59.5 Å². The van der Waals surface area contributed by atoms with Gasteiger partial charge >= 0.3 is 5.97 Å². The molecule has 0 aliphatic carbocycles. The summed E-state index contributed by atoms with van der Waals surface area (Å²) in [4.78, 5) is 15.0. The van der Waals surface area contributed by atoms with E-state index in [2.05, 4.69) is 28.5 Å². The van der Waals surface area contributed by atoms with Gasteiger partial charge < -0.3 is 9.47 Å². The summed E-state index contributed by atoms with van der Waals surface area (Å²) in [6.45, 7) is 10.7. The maximum absolute atomic E-state index is 12.7. The zero-order chi connectivity index (χ0) is 18.3. The number of ether oxygens (including phenoxy) is 2. The summed E-state index contributed by atoms with van der Waals surface area (Å²) in [5.41, 5.74) is 2.03. The molecule has 0 unspecified atom stereocenters. The molecule has 1 fully saturated rings. The van der Waals surface area contributed by atoms with Crippen LogP contribution in [0.5, 0.6) is 0 Å². The molecule has 0 bridgehead atoms. The Kier molecular flexibility index (Phi) is 7.44. The fourth-order valence-corrected chi connectivity index (χ4v) is 3.74. The quantitative estimate of drug-likeness (QED) is 0.640. The van der Waals surface area contributed by atoms with E-state index in [1.165, 1.54) is 11.3 Å². The summed E-state index contributed by atoms with van der Waals surface area (Å²) in [6, 6.07) is 0. The number of carbonyl (C=O) groups is 1. The van der Waals surface area contributed by atoms with Crippen molar-refractivity contribution in [3.63, 3.8) is 0 Å². The van der Waals surface area contributed by atoms with Gasteiger partial charge in [0.15, 0.2) is 0 Å². The number of methoxy groups -OCH3 is 1. The van der Waals surface area contributed by atoms with Gasteiger partial charge in [-0.2, -0.15) is 5.10 Å². The van der Waals surface area contributed by atoms with Crippen LogP contribution < -0.4 is 0 Å². The molecule has 2 rings (SSSR count). The molecule has 1 aromatic heterocycles. The highest BCUT2D eigenvalue weighted by Gasteiger charge is 2.43. The van der Waals surface area contributed by atoms with E-state index in [0.29, 0.717) is 19.6 Å². The molecule has 142 valence electrons. The van der Waals surface area contributed by atoms with Crippen molar-refractivity contribution < 1.29 is 14.3 Å². The zero-order valence-corrected chi connectivity index (χ0v) is 16.2. The Bertz CT molecular complexity index is 558. The molecule has 0 aromatic carbocycles. The van der Waals surface area contributed by atoms with Gasteiger partial charge in [0.05, 0.1) is 18.2 Å². The third kappa shape index (κ3) is 4.82. The molecule has 0 spiro atoms. The molecule has 1 atom stereocenters. The first-order chi connectivity index (χ1) is 12.1. The number of likely N-dealkylation sites (tertiary alicyclic amines) is 1. The first kappa shape index (κ1) is 19.9. The fraction of sp³-hybridized carbons (Fsp3) is 0.789. The molecule has 6 nitrogen and oxygen atoms in total. The topological polar surface area (TPSA) is 56.6 Å². The monoisotopic (exact) mass is 351 g/mol. The van der Waals surface area contributed by atoms with Gasteiger partial charge in [0, 0.05) is 44.6 Å². The lowest BCUT2D eigenvalue weighted by atomic mass is 9.77. The number of aryl methyl sites for hydroxylation is 1. The average molecular weight is 351 g/mol. The van der Waals surface area contributed by atoms with Crippen LogP contribution in [0.4, 0.5) is 0 Å². The van der Waals surface area contributed by atoms with Crippen LogP contribution >= 0.6 is 0 Å². The van der Waals surface area contributed by atoms with E-state index in [0.717, 1.165) is 45.4 Å². The lowest BCUT2D eigenvalue weighted by Crippen LogP contribution is -2.48. The number of piperidine rings is 1. The standard InChI is InChI=1S/C19H33N3O3/c1-5-10-22-16(3)17(13-20-22)14-21-11-7-8-19(15-21,9-12-24-4)18(23)25-6-2/h13H,5-12,14-15H2,1-4H3/t19-/m0/s1. The molecule has 1 saturated heterocycles. The van der Waals surface area contributed by atoms with Crippen molar-refractivity contribution in [3.05, 3.63) is 17.5 Å². The summed E-state index contributed by atoms with van der Waals surface area (Å²) in [6.07, 6.45) is 5.65. The minimum absolute atomic E-state index is 0.0739. The smallest absolute Gasteiger partial charge is 0.313 e. The molecule has 0 N–H and O–H groups in total. The predicted octanol–water partition coefficient (Wildman–Crippen LogP) is 2.78. The second-order valence-corrected chi connectivity index (χ2v) is 7.04. The summed E-state index contributed by atoms with van der Waals surface area (Å²) < 4.78 is 12.7. The van der Waals surface area contributed by atoms with Crippen molar-refractivity contribution in [3.8, 4) is 0 Å². The molecule has 0 saturated carbocycles. The van der Waals surface area contributed by atoms with Crippen LogP contribution in [-0.4, -0.2) is 54.1 Å². The minimum atomic E-state index is -0.447. The van der Waals surface area contributed by atoms with Crippen molar-refractivity contribution in [1.29, 1.82) is 0 Å². The van der Waals surface area contributed by atoms with Gasteiger partial charge in [-0.1, -0.05) is 6.92 Å². The average Bonchev–Trinajstić information content (AvgIpc) is 2.94. The number of esters is 1. The summed E-state index contributed by atoms with van der Waals surface area (Å²) >= 11 is 0. The summed E-state index contributed by atoms with van der Waals surface area (Å²) in [5.74, 6) is -0.0739. The molecule has 0 radical (unpaired) electrons. The molecule has 1 aromatic rings. The highest BCUT2D eigenvalue weighted by Crippen LogP contribution is 2.36. The maximum atomic E-state index is 12.7. The Morgan fingerprint density at radius 2 is 2.20 bits per heavy atom. The van der Waals surface area contributed by atoms with Crippen LogP contribution in [0.15, 0.2) is 6.20 Å². The number of aromatic nitrogens is 2. The van der Waals surface area contributed by atoms with Crippen molar-refractivity contribution >= 4 is 5.97 Å². The van der Waals surface area contributed by atoms with E-state index >= 15 is 0 Å². The van der Waals surface area contributed by atoms with Crippen LogP contribution in [0.25, 0.3) is 0 Å². The van der Waals surface area contributed by atoms with Crippen LogP contribution in [0.1, 0.15) is 50.8 Å². The summed E-state index contributed by atoms with van der Waals surface area (Å²) in [7, 11) is 1.69. The van der Waals surface area contributed by atoms with E-state index in [-0.39, 0.29) is 5.97 Å². The Morgan fingerprint density at radius 3 is 2.88 bits per heavy atom. The van der Waals surface area contributed by atoms with Gasteiger partial charge in [0.1, 0.15) is 0 Å². The second kappa shape index (κ2) is 9.34. The van der Waals surface area contributed by atoms with Crippen LogP contribution in [0, 0.1) is 12.3 Å². The van der Waals surface area contributed by atoms with Crippen LogP contribution in [0.3, 0.4) is 0 Å². The number of hydrogen-bond acceptors (Lipinski definition) is 5. The van der Waals surface area contributed by atoms with E-state index in [9.17, 15) is 4.79 Å². The Balaban J connectivity index is 2.10. The van der Waals surface area contributed by atoms with Gasteiger partial charge in [-0.05, 0) is 46.1 Å². The molecule has 1 aliphatic rings. The molecule has 0 amide bonds. The highest BCUT2D eigenvalue weighted by molar-refractivity contribution is 5.77. The zero-order valence-electron chi connectivity index (χ0n) is 16.2. The maximum Gasteiger partial charge on any atom is 0.313 e. The Hall–Kier alpha value is -1.40. The fourth-order valence-electron chi connectivity index (χ4n) is 3.74. The first-order valence-electron chi connectivity index (χ1n) is 9.46.